The van der Waals surface area contributed by atoms with Crippen molar-refractivity contribution in [3.05, 3.63) is 60.2 Å². The van der Waals surface area contributed by atoms with E-state index in [4.69, 9.17) is 4.42 Å². The van der Waals surface area contributed by atoms with Gasteiger partial charge in [-0.25, -0.2) is 0 Å². The van der Waals surface area contributed by atoms with Crippen molar-refractivity contribution in [1.82, 2.24) is 9.80 Å². The van der Waals surface area contributed by atoms with Gasteiger partial charge in [0.2, 0.25) is 5.91 Å². The molecule has 1 N–H and O–H groups in total. The third-order valence-corrected chi connectivity index (χ3v) is 5.76. The monoisotopic (exact) mass is 395 g/mol. The quantitative estimate of drug-likeness (QED) is 0.810. The van der Waals surface area contributed by atoms with Gasteiger partial charge in [-0.3, -0.25) is 9.69 Å². The summed E-state index contributed by atoms with van der Waals surface area (Å²) in [4.78, 5) is 19.5. The summed E-state index contributed by atoms with van der Waals surface area (Å²) in [5, 5.41) is 10.1. The van der Waals surface area contributed by atoms with Gasteiger partial charge in [-0.05, 0) is 49.9 Å². The normalized spacial score (nSPS) is 17.8. The molecule has 0 unspecified atom stereocenters. The van der Waals surface area contributed by atoms with E-state index in [0.29, 0.717) is 18.8 Å². The first kappa shape index (κ1) is 19.6. The fourth-order valence-electron chi connectivity index (χ4n) is 4.13. The number of rotatable bonds is 6. The molecule has 1 saturated heterocycles. The summed E-state index contributed by atoms with van der Waals surface area (Å²) in [6.07, 6.45) is 8.18. The third-order valence-electron chi connectivity index (χ3n) is 5.76. The molecule has 1 aliphatic carbocycles. The summed E-state index contributed by atoms with van der Waals surface area (Å²) in [7, 11) is 0. The molecular weight excluding hydrogens is 366 g/mol. The first-order chi connectivity index (χ1) is 14.2. The number of phenols is 1. The molecule has 0 saturated carbocycles. The second-order valence-electron chi connectivity index (χ2n) is 7.75. The largest absolute Gasteiger partial charge is 0.506 e. The van der Waals surface area contributed by atoms with Crippen LogP contribution in [0.5, 0.6) is 5.75 Å². The van der Waals surface area contributed by atoms with Gasteiger partial charge in [0, 0.05) is 31.9 Å². The lowest BCUT2D eigenvalue weighted by molar-refractivity contribution is -0.131. The summed E-state index contributed by atoms with van der Waals surface area (Å²) < 4.78 is 5.50. The van der Waals surface area contributed by atoms with Crippen molar-refractivity contribution >= 4 is 11.6 Å². The molecule has 1 aliphatic heterocycles. The van der Waals surface area contributed by atoms with Crippen LogP contribution in [-0.4, -0.2) is 53.5 Å². The highest BCUT2D eigenvalue weighted by Crippen LogP contribution is 2.27. The number of amides is 1. The number of benzene rings is 1. The summed E-state index contributed by atoms with van der Waals surface area (Å²) >= 11 is 0. The van der Waals surface area contributed by atoms with Gasteiger partial charge >= 0.3 is 0 Å². The summed E-state index contributed by atoms with van der Waals surface area (Å²) in [5.74, 6) is 1.26. The molecule has 1 aromatic carbocycles. The van der Waals surface area contributed by atoms with Crippen molar-refractivity contribution in [2.45, 2.75) is 32.2 Å². The molecule has 0 spiro atoms. The Bertz CT molecular complexity index is 839. The Balaban J connectivity index is 1.38. The summed E-state index contributed by atoms with van der Waals surface area (Å²) in [6.45, 7) is 4.10. The van der Waals surface area contributed by atoms with Crippen molar-refractivity contribution in [2.24, 2.45) is 0 Å². The Kier molecular flexibility index (Phi) is 6.20. The van der Waals surface area contributed by atoms with Gasteiger partial charge in [0.25, 0.3) is 0 Å². The fourth-order valence-corrected chi connectivity index (χ4v) is 4.13. The molecule has 154 valence electrons. The van der Waals surface area contributed by atoms with Gasteiger partial charge in [0.15, 0.2) is 0 Å². The number of anilines is 1. The van der Waals surface area contributed by atoms with Crippen molar-refractivity contribution < 1.29 is 14.3 Å². The molecule has 4 rings (SSSR count). The molecule has 0 bridgehead atoms. The lowest BCUT2D eigenvalue weighted by Crippen LogP contribution is -2.50. The number of carbonyl (C=O) groups excluding carboxylic acids is 1. The molecule has 2 heterocycles. The molecular formula is C23H29N3O3. The zero-order chi connectivity index (χ0) is 20.1. The van der Waals surface area contributed by atoms with E-state index in [0.717, 1.165) is 62.6 Å². The number of furan rings is 1. The minimum absolute atomic E-state index is 0.130. The highest BCUT2D eigenvalue weighted by Gasteiger charge is 2.25. The Hall–Kier alpha value is -2.73. The Morgan fingerprint density at radius 2 is 1.90 bits per heavy atom. The average Bonchev–Trinajstić information content (AvgIpc) is 3.27. The van der Waals surface area contributed by atoms with Crippen LogP contribution in [0, 0.1) is 0 Å². The second kappa shape index (κ2) is 9.18. The standard InChI is InChI=1S/C23H29N3O3/c27-22-11-5-4-10-21(22)25-14-12-24(13-15-25)18-23(28)26(17-20-9-6-16-29-20)19-7-2-1-3-8-19/h4-7,9-11,16,27H,1-3,8,12-15,17-18H2. The molecule has 2 aromatic rings. The lowest BCUT2D eigenvalue weighted by Gasteiger charge is -2.37. The molecule has 1 fully saturated rings. The molecule has 1 amide bonds. The number of carbonyl (C=O) groups is 1. The number of phenolic OH excluding ortho intramolecular Hbond substituents is 1. The zero-order valence-corrected chi connectivity index (χ0v) is 16.8. The van der Waals surface area contributed by atoms with E-state index in [2.05, 4.69) is 15.9 Å². The number of hydrogen-bond donors (Lipinski definition) is 1. The topological polar surface area (TPSA) is 60.2 Å². The van der Waals surface area contributed by atoms with E-state index >= 15 is 0 Å². The predicted octanol–water partition coefficient (Wildman–Crippen LogP) is 3.59. The maximum absolute atomic E-state index is 13.2. The number of hydrogen-bond acceptors (Lipinski definition) is 5. The zero-order valence-electron chi connectivity index (χ0n) is 16.8. The van der Waals surface area contributed by atoms with Gasteiger partial charge < -0.3 is 19.3 Å². The fraction of sp³-hybridized carbons (Fsp3) is 0.435. The summed E-state index contributed by atoms with van der Waals surface area (Å²) in [6, 6.07) is 11.2. The van der Waals surface area contributed by atoms with Crippen LogP contribution in [0.25, 0.3) is 0 Å². The van der Waals surface area contributed by atoms with Crippen LogP contribution in [0.1, 0.15) is 31.4 Å². The van der Waals surface area contributed by atoms with Gasteiger partial charge in [-0.2, -0.15) is 0 Å². The molecule has 6 heteroatoms. The number of para-hydroxylation sites is 2. The van der Waals surface area contributed by atoms with E-state index in [-0.39, 0.29) is 5.91 Å². The van der Waals surface area contributed by atoms with E-state index < -0.39 is 0 Å². The average molecular weight is 396 g/mol. The smallest absolute Gasteiger partial charge is 0.241 e. The molecule has 6 nitrogen and oxygen atoms in total. The minimum Gasteiger partial charge on any atom is -0.506 e. The maximum atomic E-state index is 13.2. The van der Waals surface area contributed by atoms with Crippen molar-refractivity contribution in [1.29, 1.82) is 0 Å². The predicted molar refractivity (Wildman–Crippen MR) is 113 cm³/mol. The lowest BCUT2D eigenvalue weighted by atomic mass is 10.0. The van der Waals surface area contributed by atoms with Gasteiger partial charge in [0.05, 0.1) is 25.0 Å². The van der Waals surface area contributed by atoms with Crippen molar-refractivity contribution in [2.75, 3.05) is 37.6 Å². The van der Waals surface area contributed by atoms with Crippen molar-refractivity contribution in [3.8, 4) is 5.75 Å². The minimum atomic E-state index is 0.130. The number of allylic oxidation sites excluding steroid dienone is 2. The molecule has 29 heavy (non-hydrogen) atoms. The maximum Gasteiger partial charge on any atom is 0.241 e. The summed E-state index contributed by atoms with van der Waals surface area (Å²) in [5.41, 5.74) is 2.00. The van der Waals surface area contributed by atoms with Crippen LogP contribution in [0.15, 0.2) is 58.9 Å². The highest BCUT2D eigenvalue weighted by molar-refractivity contribution is 5.80. The Labute approximate surface area is 172 Å². The van der Waals surface area contributed by atoms with Gasteiger partial charge in [0.1, 0.15) is 11.5 Å². The third kappa shape index (κ3) is 4.82. The van der Waals surface area contributed by atoms with E-state index in [1.165, 1.54) is 6.42 Å². The number of nitrogens with zero attached hydrogens (tertiary/aromatic N) is 3. The van der Waals surface area contributed by atoms with Crippen molar-refractivity contribution in [3.63, 3.8) is 0 Å². The molecule has 0 atom stereocenters. The van der Waals surface area contributed by atoms with E-state index in [1.807, 2.05) is 35.2 Å². The van der Waals surface area contributed by atoms with E-state index in [9.17, 15) is 9.90 Å². The van der Waals surface area contributed by atoms with Crippen LogP contribution in [0.2, 0.25) is 0 Å². The van der Waals surface area contributed by atoms with Gasteiger partial charge in [-0.1, -0.05) is 18.2 Å². The van der Waals surface area contributed by atoms with E-state index in [1.54, 1.807) is 12.3 Å². The highest BCUT2D eigenvalue weighted by atomic mass is 16.3. The molecule has 1 aromatic heterocycles. The molecule has 0 radical (unpaired) electrons. The SMILES string of the molecule is O=C(CN1CCN(c2ccccc2O)CC1)N(Cc1ccco1)C1=CCCCC1. The van der Waals surface area contributed by atoms with Crippen LogP contribution < -0.4 is 4.90 Å². The first-order valence-corrected chi connectivity index (χ1v) is 10.5. The van der Waals surface area contributed by atoms with Crippen LogP contribution in [0.3, 0.4) is 0 Å². The second-order valence-corrected chi connectivity index (χ2v) is 7.75. The molecule has 2 aliphatic rings. The van der Waals surface area contributed by atoms with Crippen LogP contribution in [0.4, 0.5) is 5.69 Å². The Morgan fingerprint density at radius 1 is 1.07 bits per heavy atom. The Morgan fingerprint density at radius 3 is 2.59 bits per heavy atom. The first-order valence-electron chi connectivity index (χ1n) is 10.5. The van der Waals surface area contributed by atoms with Crippen LogP contribution in [-0.2, 0) is 11.3 Å². The number of aromatic hydroxyl groups is 1. The van der Waals surface area contributed by atoms with Gasteiger partial charge in [-0.15, -0.1) is 0 Å². The number of piperazine rings is 1. The van der Waals surface area contributed by atoms with Crippen LogP contribution >= 0.6 is 0 Å².